The average molecular weight is 288 g/mol. The molecule has 3 unspecified atom stereocenters. The number of hydrogen-bond acceptors (Lipinski definition) is 3. The van der Waals surface area contributed by atoms with Crippen LogP contribution in [0.1, 0.15) is 37.6 Å². The van der Waals surface area contributed by atoms with E-state index in [0.29, 0.717) is 18.0 Å². The zero-order valence-corrected chi connectivity index (χ0v) is 13.2. The minimum atomic E-state index is 0.394. The SMILES string of the molecule is CCC1CN(C(C)c2cc3ccccc3s2)CCC1N. The molecule has 0 radical (unpaired) electrons. The Labute approximate surface area is 125 Å². The van der Waals surface area contributed by atoms with Crippen LogP contribution in [-0.4, -0.2) is 24.0 Å². The molecule has 2 nitrogen and oxygen atoms in total. The van der Waals surface area contributed by atoms with Crippen molar-refractivity contribution in [2.45, 2.75) is 38.8 Å². The first-order valence-electron chi connectivity index (χ1n) is 7.67. The summed E-state index contributed by atoms with van der Waals surface area (Å²) in [6, 6.07) is 11.9. The highest BCUT2D eigenvalue weighted by molar-refractivity contribution is 7.19. The highest BCUT2D eigenvalue weighted by atomic mass is 32.1. The van der Waals surface area contributed by atoms with Gasteiger partial charge >= 0.3 is 0 Å². The molecule has 108 valence electrons. The highest BCUT2D eigenvalue weighted by Crippen LogP contribution is 2.34. The summed E-state index contributed by atoms with van der Waals surface area (Å²) in [5.74, 6) is 0.653. The van der Waals surface area contributed by atoms with Crippen molar-refractivity contribution in [3.8, 4) is 0 Å². The zero-order chi connectivity index (χ0) is 14.1. The summed E-state index contributed by atoms with van der Waals surface area (Å²) >= 11 is 1.94. The van der Waals surface area contributed by atoms with E-state index in [2.05, 4.69) is 49.1 Å². The molecule has 2 heterocycles. The van der Waals surface area contributed by atoms with Crippen LogP contribution in [0.5, 0.6) is 0 Å². The third kappa shape index (κ3) is 2.62. The first-order valence-corrected chi connectivity index (χ1v) is 8.48. The van der Waals surface area contributed by atoms with Crippen molar-refractivity contribution in [1.82, 2.24) is 4.90 Å². The number of likely N-dealkylation sites (tertiary alicyclic amines) is 1. The van der Waals surface area contributed by atoms with Crippen molar-refractivity contribution in [2.75, 3.05) is 13.1 Å². The summed E-state index contributed by atoms with van der Waals surface area (Å²) in [4.78, 5) is 4.10. The van der Waals surface area contributed by atoms with Crippen molar-refractivity contribution in [3.05, 3.63) is 35.2 Å². The van der Waals surface area contributed by atoms with E-state index in [1.54, 1.807) is 0 Å². The monoisotopic (exact) mass is 288 g/mol. The first-order chi connectivity index (χ1) is 9.69. The number of thiophene rings is 1. The molecule has 2 N–H and O–H groups in total. The minimum absolute atomic E-state index is 0.394. The second kappa shape index (κ2) is 5.84. The van der Waals surface area contributed by atoms with Crippen molar-refractivity contribution in [2.24, 2.45) is 11.7 Å². The summed E-state index contributed by atoms with van der Waals surface area (Å²) in [5.41, 5.74) is 6.23. The van der Waals surface area contributed by atoms with Crippen LogP contribution in [0.2, 0.25) is 0 Å². The topological polar surface area (TPSA) is 29.3 Å². The standard InChI is InChI=1S/C17H24N2S/c1-3-13-11-19(9-8-15(13)18)12(2)17-10-14-6-4-5-7-16(14)20-17/h4-7,10,12-13,15H,3,8-9,11,18H2,1-2H3. The molecule has 0 amide bonds. The van der Waals surface area contributed by atoms with Gasteiger partial charge in [-0.05, 0) is 36.8 Å². The van der Waals surface area contributed by atoms with Gasteiger partial charge in [0.05, 0.1) is 0 Å². The summed E-state index contributed by atoms with van der Waals surface area (Å²) in [6.45, 7) is 6.88. The lowest BCUT2D eigenvalue weighted by molar-refractivity contribution is 0.116. The molecule has 0 bridgehead atoms. The Morgan fingerprint density at radius 2 is 2.20 bits per heavy atom. The Morgan fingerprint density at radius 1 is 1.40 bits per heavy atom. The van der Waals surface area contributed by atoms with E-state index in [9.17, 15) is 0 Å². The van der Waals surface area contributed by atoms with Crippen LogP contribution < -0.4 is 5.73 Å². The number of benzene rings is 1. The van der Waals surface area contributed by atoms with Crippen LogP contribution in [0.4, 0.5) is 0 Å². The van der Waals surface area contributed by atoms with E-state index in [1.807, 2.05) is 11.3 Å². The first kappa shape index (κ1) is 14.1. The maximum Gasteiger partial charge on any atom is 0.0413 e. The number of rotatable bonds is 3. The number of nitrogens with two attached hydrogens (primary N) is 1. The molecule has 1 saturated heterocycles. The van der Waals surface area contributed by atoms with Gasteiger partial charge in [-0.3, -0.25) is 4.90 Å². The molecular weight excluding hydrogens is 264 g/mol. The van der Waals surface area contributed by atoms with Crippen LogP contribution in [0.15, 0.2) is 30.3 Å². The molecule has 3 heteroatoms. The van der Waals surface area contributed by atoms with E-state index in [4.69, 9.17) is 5.73 Å². The Hall–Kier alpha value is -0.900. The maximum atomic E-state index is 6.23. The summed E-state index contributed by atoms with van der Waals surface area (Å²) in [6.07, 6.45) is 2.32. The van der Waals surface area contributed by atoms with Crippen LogP contribution >= 0.6 is 11.3 Å². The molecule has 1 aromatic carbocycles. The molecule has 3 rings (SSSR count). The van der Waals surface area contributed by atoms with Crippen molar-refractivity contribution in [1.29, 1.82) is 0 Å². The number of fused-ring (bicyclic) bond motifs is 1. The van der Waals surface area contributed by atoms with Gasteiger partial charge in [-0.25, -0.2) is 0 Å². The molecule has 0 saturated carbocycles. The Balaban J connectivity index is 1.79. The third-order valence-corrected chi connectivity index (χ3v) is 6.04. The lowest BCUT2D eigenvalue weighted by Gasteiger charge is -2.39. The lowest BCUT2D eigenvalue weighted by Crippen LogP contribution is -2.47. The van der Waals surface area contributed by atoms with Gasteiger partial charge in [0.25, 0.3) is 0 Å². The molecule has 1 aliphatic heterocycles. The van der Waals surface area contributed by atoms with Crippen LogP contribution in [0, 0.1) is 5.92 Å². The number of nitrogens with zero attached hydrogens (tertiary/aromatic N) is 1. The van der Waals surface area contributed by atoms with E-state index < -0.39 is 0 Å². The molecule has 2 aromatic rings. The molecule has 3 atom stereocenters. The smallest absolute Gasteiger partial charge is 0.0413 e. The fourth-order valence-electron chi connectivity index (χ4n) is 3.25. The largest absolute Gasteiger partial charge is 0.327 e. The van der Waals surface area contributed by atoms with E-state index in [1.165, 1.54) is 21.4 Å². The summed E-state index contributed by atoms with van der Waals surface area (Å²) < 4.78 is 1.40. The second-order valence-corrected chi connectivity index (χ2v) is 7.09. The van der Waals surface area contributed by atoms with Crippen molar-refractivity contribution >= 4 is 21.4 Å². The van der Waals surface area contributed by atoms with E-state index in [-0.39, 0.29) is 0 Å². The Morgan fingerprint density at radius 3 is 2.95 bits per heavy atom. The molecule has 1 aliphatic rings. The summed E-state index contributed by atoms with van der Waals surface area (Å²) in [5, 5.41) is 1.38. The maximum absolute atomic E-state index is 6.23. The van der Waals surface area contributed by atoms with Crippen LogP contribution in [0.25, 0.3) is 10.1 Å². The third-order valence-electron chi connectivity index (χ3n) is 4.75. The normalized spacial score (nSPS) is 25.9. The Kier molecular flexibility index (Phi) is 4.11. The molecule has 0 spiro atoms. The van der Waals surface area contributed by atoms with Crippen molar-refractivity contribution < 1.29 is 0 Å². The molecule has 20 heavy (non-hydrogen) atoms. The van der Waals surface area contributed by atoms with Gasteiger partial charge in [0, 0.05) is 34.8 Å². The predicted molar refractivity (Wildman–Crippen MR) is 88.2 cm³/mol. The van der Waals surface area contributed by atoms with Crippen LogP contribution in [-0.2, 0) is 0 Å². The minimum Gasteiger partial charge on any atom is -0.327 e. The van der Waals surface area contributed by atoms with Gasteiger partial charge in [0.15, 0.2) is 0 Å². The van der Waals surface area contributed by atoms with Gasteiger partial charge in [-0.15, -0.1) is 11.3 Å². The quantitative estimate of drug-likeness (QED) is 0.924. The van der Waals surface area contributed by atoms with Gasteiger partial charge in [-0.1, -0.05) is 31.5 Å². The summed E-state index contributed by atoms with van der Waals surface area (Å²) in [7, 11) is 0. The van der Waals surface area contributed by atoms with Gasteiger partial charge in [-0.2, -0.15) is 0 Å². The fourth-order valence-corrected chi connectivity index (χ4v) is 4.40. The highest BCUT2D eigenvalue weighted by Gasteiger charge is 2.28. The van der Waals surface area contributed by atoms with Crippen LogP contribution in [0.3, 0.4) is 0 Å². The molecular formula is C17H24N2S. The van der Waals surface area contributed by atoms with E-state index in [0.717, 1.165) is 19.5 Å². The van der Waals surface area contributed by atoms with Gasteiger partial charge in [0.2, 0.25) is 0 Å². The van der Waals surface area contributed by atoms with Gasteiger partial charge < -0.3 is 5.73 Å². The molecule has 0 aliphatic carbocycles. The van der Waals surface area contributed by atoms with E-state index >= 15 is 0 Å². The zero-order valence-electron chi connectivity index (χ0n) is 12.4. The number of hydrogen-bond donors (Lipinski definition) is 1. The average Bonchev–Trinajstić information content (AvgIpc) is 2.91. The molecule has 1 aromatic heterocycles. The molecule has 1 fully saturated rings. The Bertz CT molecular complexity index is 544. The predicted octanol–water partition coefficient (Wildman–Crippen LogP) is 4.02. The number of piperidine rings is 1. The fraction of sp³-hybridized carbons (Fsp3) is 0.529. The second-order valence-electron chi connectivity index (χ2n) is 5.98. The van der Waals surface area contributed by atoms with Gasteiger partial charge in [0.1, 0.15) is 0 Å². The lowest BCUT2D eigenvalue weighted by atomic mass is 9.90. The van der Waals surface area contributed by atoms with Crippen molar-refractivity contribution in [3.63, 3.8) is 0 Å².